The van der Waals surface area contributed by atoms with Crippen molar-refractivity contribution in [2.75, 3.05) is 17.2 Å². The molecule has 3 aromatic rings. The molecule has 2 aromatic heterocycles. The summed E-state index contributed by atoms with van der Waals surface area (Å²) < 4.78 is 1.28. The molecule has 0 atom stereocenters. The van der Waals surface area contributed by atoms with Crippen LogP contribution in [0.5, 0.6) is 0 Å². The Labute approximate surface area is 129 Å². The highest BCUT2D eigenvalue weighted by atomic mass is 32.1. The molecule has 0 unspecified atom stereocenters. The van der Waals surface area contributed by atoms with E-state index in [2.05, 4.69) is 40.4 Å². The van der Waals surface area contributed by atoms with Crippen LogP contribution in [0, 0.1) is 0 Å². The van der Waals surface area contributed by atoms with Crippen molar-refractivity contribution >= 4 is 32.9 Å². The number of hydrogen-bond donors (Lipinski definition) is 1. The van der Waals surface area contributed by atoms with E-state index in [9.17, 15) is 0 Å². The van der Waals surface area contributed by atoms with Gasteiger partial charge in [0, 0.05) is 35.1 Å². The smallest absolute Gasteiger partial charge is 0.137 e. The number of rotatable bonds is 5. The quantitative estimate of drug-likeness (QED) is 0.714. The highest BCUT2D eigenvalue weighted by Gasteiger charge is 2.13. The van der Waals surface area contributed by atoms with Gasteiger partial charge in [0.2, 0.25) is 0 Å². The van der Waals surface area contributed by atoms with Crippen molar-refractivity contribution in [2.24, 2.45) is 0 Å². The molecule has 0 radical (unpaired) electrons. The van der Waals surface area contributed by atoms with E-state index in [0.29, 0.717) is 0 Å². The molecule has 0 fully saturated rings. The average molecular weight is 297 g/mol. The molecule has 0 spiro atoms. The van der Waals surface area contributed by atoms with Crippen molar-refractivity contribution < 1.29 is 0 Å². The second-order valence-corrected chi connectivity index (χ2v) is 6.04. The number of nitrogens with two attached hydrogens (primary N) is 1. The van der Waals surface area contributed by atoms with Crippen LogP contribution in [-0.2, 0) is 6.54 Å². The number of benzene rings is 1. The number of aromatic nitrogens is 1. The molecule has 0 amide bonds. The van der Waals surface area contributed by atoms with Gasteiger partial charge >= 0.3 is 0 Å². The van der Waals surface area contributed by atoms with E-state index in [1.54, 1.807) is 11.3 Å². The van der Waals surface area contributed by atoms with Crippen LogP contribution in [0.3, 0.4) is 0 Å². The zero-order chi connectivity index (χ0) is 14.7. The Balaban J connectivity index is 1.98. The Morgan fingerprint density at radius 3 is 2.86 bits per heavy atom. The Bertz CT molecular complexity index is 735. The van der Waals surface area contributed by atoms with Gasteiger partial charge in [0.1, 0.15) is 5.82 Å². The van der Waals surface area contributed by atoms with E-state index in [0.717, 1.165) is 36.6 Å². The zero-order valence-corrected chi connectivity index (χ0v) is 12.9. The molecule has 3 rings (SSSR count). The van der Waals surface area contributed by atoms with E-state index < -0.39 is 0 Å². The minimum absolute atomic E-state index is 0.794. The normalized spacial score (nSPS) is 10.9. The number of nitrogen functional groups attached to an aromatic ring is 1. The summed E-state index contributed by atoms with van der Waals surface area (Å²) in [7, 11) is 0. The van der Waals surface area contributed by atoms with Crippen LogP contribution in [0.2, 0.25) is 0 Å². The van der Waals surface area contributed by atoms with Gasteiger partial charge in [-0.1, -0.05) is 25.1 Å². The number of fused-ring (bicyclic) bond motifs is 1. The Morgan fingerprint density at radius 1 is 1.19 bits per heavy atom. The molecule has 0 aliphatic heterocycles. The third-order valence-corrected chi connectivity index (χ3v) is 4.45. The van der Waals surface area contributed by atoms with Crippen LogP contribution in [0.4, 0.5) is 11.5 Å². The summed E-state index contributed by atoms with van der Waals surface area (Å²) in [5.41, 5.74) is 8.09. The molecule has 2 heterocycles. The van der Waals surface area contributed by atoms with E-state index in [-0.39, 0.29) is 0 Å². The summed E-state index contributed by atoms with van der Waals surface area (Å²) in [4.78, 5) is 6.94. The van der Waals surface area contributed by atoms with E-state index in [4.69, 9.17) is 5.73 Å². The number of nitrogens with zero attached hydrogens (tertiary/aromatic N) is 2. The fourth-order valence-electron chi connectivity index (χ4n) is 2.55. The van der Waals surface area contributed by atoms with Gasteiger partial charge in [-0.3, -0.25) is 0 Å². The van der Waals surface area contributed by atoms with Crippen molar-refractivity contribution in [2.45, 2.75) is 19.9 Å². The summed E-state index contributed by atoms with van der Waals surface area (Å²) in [6.45, 7) is 3.95. The minimum Gasteiger partial charge on any atom is -0.398 e. The van der Waals surface area contributed by atoms with Gasteiger partial charge in [0.05, 0.1) is 0 Å². The third-order valence-electron chi connectivity index (χ3n) is 3.57. The van der Waals surface area contributed by atoms with Gasteiger partial charge in [0.25, 0.3) is 0 Å². The van der Waals surface area contributed by atoms with E-state index >= 15 is 0 Å². The number of thiophene rings is 1. The van der Waals surface area contributed by atoms with Crippen LogP contribution >= 0.6 is 11.3 Å². The lowest BCUT2D eigenvalue weighted by Gasteiger charge is -2.24. The van der Waals surface area contributed by atoms with Crippen molar-refractivity contribution in [1.29, 1.82) is 0 Å². The molecular weight excluding hydrogens is 278 g/mol. The monoisotopic (exact) mass is 297 g/mol. The first kappa shape index (κ1) is 13.9. The Kier molecular flexibility index (Phi) is 4.06. The highest BCUT2D eigenvalue weighted by molar-refractivity contribution is 7.17. The standard InChI is InChI=1S/C17H19N3S/c1-2-10-20(12-13-5-3-4-6-15(13)18)17-14-8-11-21-16(14)7-9-19-17/h3-9,11H,2,10,12,18H2,1H3. The minimum atomic E-state index is 0.794. The molecular formula is C17H19N3S. The van der Waals surface area contributed by atoms with E-state index in [1.165, 1.54) is 10.1 Å². The number of hydrogen-bond acceptors (Lipinski definition) is 4. The van der Waals surface area contributed by atoms with E-state index in [1.807, 2.05) is 24.4 Å². The molecule has 0 saturated carbocycles. The molecule has 108 valence electrons. The molecule has 1 aromatic carbocycles. The predicted octanol–water partition coefficient (Wildman–Crippen LogP) is 4.30. The van der Waals surface area contributed by atoms with Crippen LogP contribution in [0.1, 0.15) is 18.9 Å². The molecule has 4 heteroatoms. The van der Waals surface area contributed by atoms with Crippen LogP contribution in [0.25, 0.3) is 10.1 Å². The van der Waals surface area contributed by atoms with Crippen molar-refractivity contribution in [3.63, 3.8) is 0 Å². The van der Waals surface area contributed by atoms with Crippen LogP contribution < -0.4 is 10.6 Å². The molecule has 3 nitrogen and oxygen atoms in total. The number of pyridine rings is 1. The lowest BCUT2D eigenvalue weighted by Crippen LogP contribution is -2.25. The summed E-state index contributed by atoms with van der Waals surface area (Å²) in [5, 5.41) is 3.35. The highest BCUT2D eigenvalue weighted by Crippen LogP contribution is 2.30. The van der Waals surface area contributed by atoms with Crippen molar-refractivity contribution in [3.05, 3.63) is 53.5 Å². The van der Waals surface area contributed by atoms with Crippen molar-refractivity contribution in [3.8, 4) is 0 Å². The van der Waals surface area contributed by atoms with Crippen LogP contribution in [-0.4, -0.2) is 11.5 Å². The SMILES string of the molecule is CCCN(Cc1ccccc1N)c1nccc2sccc12. The average Bonchev–Trinajstić information content (AvgIpc) is 2.97. The lowest BCUT2D eigenvalue weighted by atomic mass is 10.1. The van der Waals surface area contributed by atoms with Gasteiger partial charge in [-0.2, -0.15) is 0 Å². The first-order valence-electron chi connectivity index (χ1n) is 7.20. The molecule has 0 aliphatic carbocycles. The topological polar surface area (TPSA) is 42.1 Å². The summed E-state index contributed by atoms with van der Waals surface area (Å²) >= 11 is 1.76. The fraction of sp³-hybridized carbons (Fsp3) is 0.235. The molecule has 0 saturated heterocycles. The van der Waals surface area contributed by atoms with Crippen molar-refractivity contribution in [1.82, 2.24) is 4.98 Å². The maximum absolute atomic E-state index is 6.09. The Hall–Kier alpha value is -2.07. The number of anilines is 2. The summed E-state index contributed by atoms with van der Waals surface area (Å²) in [6.07, 6.45) is 2.97. The Morgan fingerprint density at radius 2 is 2.05 bits per heavy atom. The first-order valence-corrected chi connectivity index (χ1v) is 8.08. The second-order valence-electron chi connectivity index (χ2n) is 5.09. The molecule has 0 bridgehead atoms. The van der Waals surface area contributed by atoms with Crippen LogP contribution in [0.15, 0.2) is 48.0 Å². The third kappa shape index (κ3) is 2.85. The first-order chi connectivity index (χ1) is 10.3. The maximum atomic E-state index is 6.09. The zero-order valence-electron chi connectivity index (χ0n) is 12.1. The number of para-hydroxylation sites is 1. The van der Waals surface area contributed by atoms with Gasteiger partial charge in [-0.15, -0.1) is 11.3 Å². The lowest BCUT2D eigenvalue weighted by molar-refractivity contribution is 0.759. The van der Waals surface area contributed by atoms with Gasteiger partial charge in [-0.25, -0.2) is 4.98 Å². The molecule has 0 aliphatic rings. The van der Waals surface area contributed by atoms with Gasteiger partial charge in [-0.05, 0) is 35.6 Å². The largest absolute Gasteiger partial charge is 0.398 e. The predicted molar refractivity (Wildman–Crippen MR) is 91.8 cm³/mol. The molecule has 21 heavy (non-hydrogen) atoms. The summed E-state index contributed by atoms with van der Waals surface area (Å²) in [6, 6.07) is 12.3. The summed E-state index contributed by atoms with van der Waals surface area (Å²) in [5.74, 6) is 1.05. The maximum Gasteiger partial charge on any atom is 0.137 e. The van der Waals surface area contributed by atoms with Gasteiger partial charge < -0.3 is 10.6 Å². The second kappa shape index (κ2) is 6.14. The fourth-order valence-corrected chi connectivity index (χ4v) is 3.32. The molecule has 2 N–H and O–H groups in total. The van der Waals surface area contributed by atoms with Gasteiger partial charge in [0.15, 0.2) is 0 Å².